The molecule has 6 nitrogen and oxygen atoms in total. The standard InChI is InChI=1S/C23H24ClF3N4O2S/c1-3-13-8-15(23(25,26)27)10-18-19(13)28-22(34-18)29-21(33)17-11-16(24)9-14(20(17)32)12-31-6-4-30(2)5-7-31/h8-11,32H,3-7,12H2,1-2H3,(H,28,29,33). The predicted octanol–water partition coefficient (Wildman–Crippen LogP) is 5.24. The lowest BCUT2D eigenvalue weighted by Crippen LogP contribution is -2.43. The fourth-order valence-electron chi connectivity index (χ4n) is 3.95. The molecule has 2 heterocycles. The second-order valence-corrected chi connectivity index (χ2v) is 9.81. The number of likely N-dealkylation sites (N-methyl/N-ethyl adjacent to an activating group) is 1. The number of amides is 1. The number of thiazole rings is 1. The Bertz CT molecular complexity index is 1220. The summed E-state index contributed by atoms with van der Waals surface area (Å²) in [5, 5.41) is 13.9. The highest BCUT2D eigenvalue weighted by Gasteiger charge is 2.32. The highest BCUT2D eigenvalue weighted by Crippen LogP contribution is 2.37. The van der Waals surface area contributed by atoms with Crippen molar-refractivity contribution in [2.45, 2.75) is 26.1 Å². The van der Waals surface area contributed by atoms with Gasteiger partial charge in [-0.2, -0.15) is 13.2 Å². The van der Waals surface area contributed by atoms with Crippen LogP contribution < -0.4 is 5.32 Å². The molecule has 1 aliphatic heterocycles. The van der Waals surface area contributed by atoms with Gasteiger partial charge in [0.25, 0.3) is 5.91 Å². The van der Waals surface area contributed by atoms with E-state index >= 15 is 0 Å². The van der Waals surface area contributed by atoms with Crippen LogP contribution >= 0.6 is 22.9 Å². The number of anilines is 1. The molecule has 1 aromatic heterocycles. The molecule has 0 bridgehead atoms. The first-order valence-electron chi connectivity index (χ1n) is 10.8. The Morgan fingerprint density at radius 3 is 2.53 bits per heavy atom. The number of piperazine rings is 1. The second-order valence-electron chi connectivity index (χ2n) is 8.35. The maximum atomic E-state index is 13.2. The number of carbonyl (C=O) groups is 1. The molecule has 1 fully saturated rings. The summed E-state index contributed by atoms with van der Waals surface area (Å²) in [6.45, 7) is 5.66. The van der Waals surface area contributed by atoms with Gasteiger partial charge in [0.05, 0.1) is 21.3 Å². The number of rotatable bonds is 5. The fourth-order valence-corrected chi connectivity index (χ4v) is 5.14. The number of hydrogen-bond acceptors (Lipinski definition) is 6. The summed E-state index contributed by atoms with van der Waals surface area (Å²) in [4.78, 5) is 21.7. The lowest BCUT2D eigenvalue weighted by molar-refractivity contribution is -0.137. The Morgan fingerprint density at radius 2 is 1.88 bits per heavy atom. The predicted molar refractivity (Wildman–Crippen MR) is 128 cm³/mol. The number of nitrogens with zero attached hydrogens (tertiary/aromatic N) is 3. The quantitative estimate of drug-likeness (QED) is 0.489. The summed E-state index contributed by atoms with van der Waals surface area (Å²) in [5.74, 6) is -0.802. The van der Waals surface area contributed by atoms with Gasteiger partial charge in [0.1, 0.15) is 5.75 Å². The molecule has 3 aromatic rings. The van der Waals surface area contributed by atoms with Crippen LogP contribution in [0.15, 0.2) is 24.3 Å². The van der Waals surface area contributed by atoms with Crippen LogP contribution in [0, 0.1) is 0 Å². The van der Waals surface area contributed by atoms with Crippen molar-refractivity contribution >= 4 is 44.2 Å². The molecular weight excluding hydrogens is 489 g/mol. The molecule has 1 saturated heterocycles. The molecule has 0 spiro atoms. The Balaban J connectivity index is 1.59. The third-order valence-electron chi connectivity index (χ3n) is 5.89. The van der Waals surface area contributed by atoms with E-state index in [1.165, 1.54) is 6.07 Å². The first-order chi connectivity index (χ1) is 16.0. The van der Waals surface area contributed by atoms with Gasteiger partial charge >= 0.3 is 6.18 Å². The molecule has 11 heteroatoms. The van der Waals surface area contributed by atoms with E-state index in [1.807, 2.05) is 7.05 Å². The van der Waals surface area contributed by atoms with Crippen LogP contribution in [0.3, 0.4) is 0 Å². The number of alkyl halides is 3. The average molecular weight is 513 g/mol. The fraction of sp³-hybridized carbons (Fsp3) is 0.391. The smallest absolute Gasteiger partial charge is 0.416 e. The number of phenolic OH excluding ortho intramolecular Hbond substituents is 1. The van der Waals surface area contributed by atoms with Crippen molar-refractivity contribution in [3.8, 4) is 5.75 Å². The number of halogens is 4. The average Bonchev–Trinajstić information content (AvgIpc) is 3.18. The number of fused-ring (bicyclic) bond motifs is 1. The molecule has 0 aliphatic carbocycles. The van der Waals surface area contributed by atoms with E-state index in [-0.39, 0.29) is 16.4 Å². The highest BCUT2D eigenvalue weighted by molar-refractivity contribution is 7.22. The summed E-state index contributed by atoms with van der Waals surface area (Å²) in [7, 11) is 2.05. The van der Waals surface area contributed by atoms with Crippen LogP contribution in [0.25, 0.3) is 10.2 Å². The molecule has 182 valence electrons. The molecule has 34 heavy (non-hydrogen) atoms. The zero-order chi connectivity index (χ0) is 24.6. The minimum Gasteiger partial charge on any atom is -0.507 e. The van der Waals surface area contributed by atoms with E-state index in [0.717, 1.165) is 49.6 Å². The van der Waals surface area contributed by atoms with Crippen molar-refractivity contribution in [2.75, 3.05) is 38.5 Å². The zero-order valence-corrected chi connectivity index (χ0v) is 20.2. The van der Waals surface area contributed by atoms with Crippen LogP contribution in [0.4, 0.5) is 18.3 Å². The number of benzene rings is 2. The van der Waals surface area contributed by atoms with Crippen LogP contribution in [0.1, 0.15) is 34.0 Å². The van der Waals surface area contributed by atoms with Gasteiger partial charge in [-0.05, 0) is 43.3 Å². The van der Waals surface area contributed by atoms with E-state index < -0.39 is 17.6 Å². The number of aromatic hydroxyl groups is 1. The second kappa shape index (κ2) is 9.69. The number of carbonyl (C=O) groups excluding carboxylic acids is 1. The van der Waals surface area contributed by atoms with Gasteiger partial charge in [-0.1, -0.05) is 29.9 Å². The molecule has 0 radical (unpaired) electrons. The Labute approximate surface area is 203 Å². The minimum absolute atomic E-state index is 0.0115. The van der Waals surface area contributed by atoms with Gasteiger partial charge in [0.15, 0.2) is 5.13 Å². The van der Waals surface area contributed by atoms with Crippen molar-refractivity contribution in [3.05, 3.63) is 51.5 Å². The molecular formula is C23H24ClF3N4O2S. The van der Waals surface area contributed by atoms with Gasteiger partial charge < -0.3 is 10.0 Å². The third kappa shape index (κ3) is 5.30. The van der Waals surface area contributed by atoms with Crippen molar-refractivity contribution in [3.63, 3.8) is 0 Å². The van der Waals surface area contributed by atoms with Gasteiger partial charge in [-0.15, -0.1) is 0 Å². The normalized spacial score (nSPS) is 15.7. The van der Waals surface area contributed by atoms with E-state index in [0.29, 0.717) is 39.3 Å². The number of phenols is 1. The first-order valence-corrected chi connectivity index (χ1v) is 12.0. The van der Waals surface area contributed by atoms with E-state index in [2.05, 4.69) is 20.1 Å². The van der Waals surface area contributed by atoms with E-state index in [4.69, 9.17) is 11.6 Å². The van der Waals surface area contributed by atoms with Gasteiger partial charge in [0.2, 0.25) is 0 Å². The Hall–Kier alpha value is -2.40. The Morgan fingerprint density at radius 1 is 1.18 bits per heavy atom. The Kier molecular flexibility index (Phi) is 7.04. The largest absolute Gasteiger partial charge is 0.507 e. The van der Waals surface area contributed by atoms with Crippen LogP contribution in [0.2, 0.25) is 5.02 Å². The third-order valence-corrected chi connectivity index (χ3v) is 7.03. The summed E-state index contributed by atoms with van der Waals surface area (Å²) < 4.78 is 40.1. The van der Waals surface area contributed by atoms with Crippen molar-refractivity contribution in [1.82, 2.24) is 14.8 Å². The SMILES string of the molecule is CCc1cc(C(F)(F)F)cc2sc(NC(=O)c3cc(Cl)cc(CN4CCN(C)CC4)c3O)nc12. The molecule has 1 aliphatic rings. The topological polar surface area (TPSA) is 68.7 Å². The van der Waals surface area contributed by atoms with Crippen LogP contribution in [-0.2, 0) is 19.1 Å². The van der Waals surface area contributed by atoms with E-state index in [1.54, 1.807) is 13.0 Å². The van der Waals surface area contributed by atoms with Gasteiger partial charge in [0, 0.05) is 43.3 Å². The molecule has 0 atom stereocenters. The zero-order valence-electron chi connectivity index (χ0n) is 18.7. The summed E-state index contributed by atoms with van der Waals surface area (Å²) >= 11 is 7.19. The number of aryl methyl sites for hydroxylation is 1. The molecule has 0 unspecified atom stereocenters. The van der Waals surface area contributed by atoms with Crippen molar-refractivity contribution < 1.29 is 23.1 Å². The van der Waals surface area contributed by atoms with Crippen molar-refractivity contribution in [2.24, 2.45) is 0 Å². The summed E-state index contributed by atoms with van der Waals surface area (Å²) in [5.41, 5.74) is 0.639. The molecule has 1 amide bonds. The lowest BCUT2D eigenvalue weighted by atomic mass is 10.1. The van der Waals surface area contributed by atoms with Gasteiger partial charge in [-0.25, -0.2) is 4.98 Å². The molecule has 2 aromatic carbocycles. The van der Waals surface area contributed by atoms with Crippen LogP contribution in [-0.4, -0.2) is 59.0 Å². The first kappa shape index (κ1) is 24.7. The maximum absolute atomic E-state index is 13.2. The molecule has 4 rings (SSSR count). The number of aromatic nitrogens is 1. The molecule has 2 N–H and O–H groups in total. The number of nitrogens with one attached hydrogen (secondary N) is 1. The number of hydrogen-bond donors (Lipinski definition) is 2. The van der Waals surface area contributed by atoms with Gasteiger partial charge in [-0.3, -0.25) is 15.0 Å². The summed E-state index contributed by atoms with van der Waals surface area (Å²) in [6, 6.07) is 5.12. The monoisotopic (exact) mass is 512 g/mol. The maximum Gasteiger partial charge on any atom is 0.416 e. The van der Waals surface area contributed by atoms with E-state index in [9.17, 15) is 23.1 Å². The van der Waals surface area contributed by atoms with Crippen LogP contribution in [0.5, 0.6) is 5.75 Å². The lowest BCUT2D eigenvalue weighted by Gasteiger charge is -2.32. The van der Waals surface area contributed by atoms with Crippen molar-refractivity contribution in [1.29, 1.82) is 0 Å². The highest BCUT2D eigenvalue weighted by atomic mass is 35.5. The molecule has 0 saturated carbocycles. The minimum atomic E-state index is -4.47. The summed E-state index contributed by atoms with van der Waals surface area (Å²) in [6.07, 6.45) is -4.11.